The van der Waals surface area contributed by atoms with Crippen LogP contribution in [0.25, 0.3) is 0 Å². The Bertz CT molecular complexity index is 545. The van der Waals surface area contributed by atoms with Gasteiger partial charge in [0.1, 0.15) is 17.7 Å². The summed E-state index contributed by atoms with van der Waals surface area (Å²) in [5, 5.41) is 0. The van der Waals surface area contributed by atoms with Gasteiger partial charge < -0.3 is 10.5 Å². The van der Waals surface area contributed by atoms with E-state index >= 15 is 0 Å². The van der Waals surface area contributed by atoms with Crippen LogP contribution < -0.4 is 10.5 Å². The van der Waals surface area contributed by atoms with Gasteiger partial charge in [-0.3, -0.25) is 0 Å². The quantitative estimate of drug-likeness (QED) is 0.921. The predicted molar refractivity (Wildman–Crippen MR) is 77.6 cm³/mol. The molecule has 0 spiro atoms. The van der Waals surface area contributed by atoms with E-state index in [0.29, 0.717) is 10.2 Å². The van der Waals surface area contributed by atoms with E-state index in [2.05, 4.69) is 15.9 Å². The summed E-state index contributed by atoms with van der Waals surface area (Å²) in [5.41, 5.74) is 6.98. The molecular formula is C15H15BrFNO. The average Bonchev–Trinajstić information content (AvgIpc) is 2.38. The van der Waals surface area contributed by atoms with Crippen LogP contribution in [0.5, 0.6) is 5.75 Å². The normalized spacial score (nSPS) is 13.9. The van der Waals surface area contributed by atoms with E-state index in [-0.39, 0.29) is 18.0 Å². The zero-order valence-electron chi connectivity index (χ0n) is 10.5. The fourth-order valence-electron chi connectivity index (χ4n) is 1.83. The van der Waals surface area contributed by atoms with Crippen LogP contribution in [0.15, 0.2) is 53.0 Å². The predicted octanol–water partition coefficient (Wildman–Crippen LogP) is 4.06. The van der Waals surface area contributed by atoms with Crippen molar-refractivity contribution in [2.75, 3.05) is 0 Å². The average molecular weight is 324 g/mol. The first-order valence-electron chi connectivity index (χ1n) is 6.00. The van der Waals surface area contributed by atoms with Gasteiger partial charge in [-0.25, -0.2) is 4.39 Å². The summed E-state index contributed by atoms with van der Waals surface area (Å²) in [7, 11) is 0. The second-order valence-electron chi connectivity index (χ2n) is 4.38. The first-order valence-corrected chi connectivity index (χ1v) is 6.79. The van der Waals surface area contributed by atoms with Crippen LogP contribution in [-0.4, -0.2) is 6.04 Å². The van der Waals surface area contributed by atoms with E-state index in [0.717, 1.165) is 5.56 Å². The summed E-state index contributed by atoms with van der Waals surface area (Å²) < 4.78 is 19.5. The summed E-state index contributed by atoms with van der Waals surface area (Å²) >= 11 is 3.29. The van der Waals surface area contributed by atoms with Crippen molar-refractivity contribution >= 4 is 15.9 Å². The van der Waals surface area contributed by atoms with Gasteiger partial charge in [-0.05, 0) is 46.6 Å². The third-order valence-electron chi connectivity index (χ3n) is 2.75. The molecule has 2 aromatic carbocycles. The lowest BCUT2D eigenvalue weighted by Gasteiger charge is -2.23. The lowest BCUT2D eigenvalue weighted by molar-refractivity contribution is 0.179. The molecule has 0 saturated carbocycles. The second-order valence-corrected chi connectivity index (χ2v) is 5.24. The largest absolute Gasteiger partial charge is 0.483 e. The summed E-state index contributed by atoms with van der Waals surface area (Å²) in [6, 6.07) is 13.9. The zero-order chi connectivity index (χ0) is 13.8. The summed E-state index contributed by atoms with van der Waals surface area (Å²) in [6.07, 6.45) is -0.275. The minimum Gasteiger partial charge on any atom is -0.483 e. The summed E-state index contributed by atoms with van der Waals surface area (Å²) in [6.45, 7) is 1.88. The summed E-state index contributed by atoms with van der Waals surface area (Å²) in [5.74, 6) is 0.267. The highest BCUT2D eigenvalue weighted by Gasteiger charge is 2.19. The van der Waals surface area contributed by atoms with Crippen molar-refractivity contribution in [1.29, 1.82) is 0 Å². The molecule has 0 amide bonds. The number of hydrogen-bond donors (Lipinski definition) is 1. The SMILES string of the molecule is CC(N)C(Oc1ccc(F)cc1Br)c1ccccc1. The van der Waals surface area contributed by atoms with Crippen LogP contribution in [0, 0.1) is 5.82 Å². The highest BCUT2D eigenvalue weighted by atomic mass is 79.9. The minimum atomic E-state index is -0.309. The van der Waals surface area contributed by atoms with Crippen molar-refractivity contribution in [3.05, 3.63) is 64.4 Å². The van der Waals surface area contributed by atoms with Gasteiger partial charge in [-0.1, -0.05) is 30.3 Å². The van der Waals surface area contributed by atoms with E-state index in [9.17, 15) is 4.39 Å². The maximum atomic E-state index is 13.1. The maximum Gasteiger partial charge on any atom is 0.139 e. The Kier molecular flexibility index (Phi) is 4.56. The monoisotopic (exact) mass is 323 g/mol. The van der Waals surface area contributed by atoms with Crippen LogP contribution in [0.1, 0.15) is 18.6 Å². The molecule has 19 heavy (non-hydrogen) atoms. The van der Waals surface area contributed by atoms with Gasteiger partial charge in [0.15, 0.2) is 0 Å². The Hall–Kier alpha value is -1.39. The van der Waals surface area contributed by atoms with Gasteiger partial charge in [-0.15, -0.1) is 0 Å². The molecule has 0 aliphatic rings. The van der Waals surface area contributed by atoms with Crippen LogP contribution in [0.2, 0.25) is 0 Å². The van der Waals surface area contributed by atoms with Gasteiger partial charge in [0.25, 0.3) is 0 Å². The molecule has 0 saturated heterocycles. The van der Waals surface area contributed by atoms with E-state index < -0.39 is 0 Å². The molecule has 2 aromatic rings. The number of nitrogens with two attached hydrogens (primary N) is 1. The molecule has 4 heteroatoms. The molecule has 2 nitrogen and oxygen atoms in total. The molecular weight excluding hydrogens is 309 g/mol. The lowest BCUT2D eigenvalue weighted by atomic mass is 10.0. The number of rotatable bonds is 4. The molecule has 2 unspecified atom stereocenters. The molecule has 0 heterocycles. The molecule has 0 aliphatic heterocycles. The molecule has 100 valence electrons. The van der Waals surface area contributed by atoms with Gasteiger partial charge in [0, 0.05) is 6.04 Å². The maximum absolute atomic E-state index is 13.1. The van der Waals surface area contributed by atoms with Crippen molar-refractivity contribution in [3.8, 4) is 5.75 Å². The Morgan fingerprint density at radius 3 is 2.42 bits per heavy atom. The topological polar surface area (TPSA) is 35.2 Å². The first-order chi connectivity index (χ1) is 9.08. The highest BCUT2D eigenvalue weighted by molar-refractivity contribution is 9.10. The molecule has 2 N–H and O–H groups in total. The van der Waals surface area contributed by atoms with E-state index in [1.165, 1.54) is 12.1 Å². The van der Waals surface area contributed by atoms with Gasteiger partial charge in [0.05, 0.1) is 4.47 Å². The Morgan fingerprint density at radius 2 is 1.84 bits per heavy atom. The minimum absolute atomic E-state index is 0.181. The van der Waals surface area contributed by atoms with Crippen molar-refractivity contribution < 1.29 is 9.13 Å². The number of benzene rings is 2. The summed E-state index contributed by atoms with van der Waals surface area (Å²) in [4.78, 5) is 0. The van der Waals surface area contributed by atoms with Gasteiger partial charge in [0.2, 0.25) is 0 Å². The Morgan fingerprint density at radius 1 is 1.16 bits per heavy atom. The number of hydrogen-bond acceptors (Lipinski definition) is 2. The van der Waals surface area contributed by atoms with Crippen molar-refractivity contribution in [2.24, 2.45) is 5.73 Å². The van der Waals surface area contributed by atoms with Gasteiger partial charge >= 0.3 is 0 Å². The van der Waals surface area contributed by atoms with Crippen molar-refractivity contribution in [1.82, 2.24) is 0 Å². The lowest BCUT2D eigenvalue weighted by Crippen LogP contribution is -2.29. The second kappa shape index (κ2) is 6.17. The number of ether oxygens (including phenoxy) is 1. The van der Waals surface area contributed by atoms with Crippen molar-refractivity contribution in [2.45, 2.75) is 19.1 Å². The van der Waals surface area contributed by atoms with E-state index in [1.807, 2.05) is 37.3 Å². The Balaban J connectivity index is 2.27. The van der Waals surface area contributed by atoms with Crippen LogP contribution in [-0.2, 0) is 0 Å². The molecule has 0 radical (unpaired) electrons. The molecule has 0 fully saturated rings. The van der Waals surface area contributed by atoms with E-state index in [1.54, 1.807) is 6.07 Å². The highest BCUT2D eigenvalue weighted by Crippen LogP contribution is 2.31. The van der Waals surface area contributed by atoms with Crippen LogP contribution in [0.4, 0.5) is 4.39 Å². The Labute approximate surface area is 120 Å². The number of halogens is 2. The van der Waals surface area contributed by atoms with Gasteiger partial charge in [-0.2, -0.15) is 0 Å². The molecule has 0 bridgehead atoms. The fraction of sp³-hybridized carbons (Fsp3) is 0.200. The standard InChI is InChI=1S/C15H15BrFNO/c1-10(18)15(11-5-3-2-4-6-11)19-14-8-7-12(17)9-13(14)16/h2-10,15H,18H2,1H3. The molecule has 0 aliphatic carbocycles. The van der Waals surface area contributed by atoms with Crippen LogP contribution in [0.3, 0.4) is 0 Å². The third kappa shape index (κ3) is 3.55. The first kappa shape index (κ1) is 14.0. The fourth-order valence-corrected chi connectivity index (χ4v) is 2.27. The van der Waals surface area contributed by atoms with Crippen molar-refractivity contribution in [3.63, 3.8) is 0 Å². The van der Waals surface area contributed by atoms with Crippen LogP contribution >= 0.6 is 15.9 Å². The smallest absolute Gasteiger partial charge is 0.139 e. The zero-order valence-corrected chi connectivity index (χ0v) is 12.1. The molecule has 2 rings (SSSR count). The molecule has 2 atom stereocenters. The third-order valence-corrected chi connectivity index (χ3v) is 3.37. The van der Waals surface area contributed by atoms with E-state index in [4.69, 9.17) is 10.5 Å². The molecule has 0 aromatic heterocycles.